The number of benzene rings is 4. The van der Waals surface area contributed by atoms with Crippen LogP contribution in [0.2, 0.25) is 0 Å². The molecule has 0 saturated carbocycles. The summed E-state index contributed by atoms with van der Waals surface area (Å²) in [6, 6.07) is 33.2. The van der Waals surface area contributed by atoms with Crippen molar-refractivity contribution in [2.45, 2.75) is 34.6 Å². The Morgan fingerprint density at radius 3 is 1.11 bits per heavy atom. The molecule has 4 rings (SSSR count). The highest BCUT2D eigenvalue weighted by Gasteiger charge is 2.16. The molecule has 4 aromatic rings. The molecule has 0 saturated heterocycles. The van der Waals surface area contributed by atoms with Gasteiger partial charge in [-0.1, -0.05) is 79.8 Å². The molecule has 414 valence electrons. The molecule has 76 heavy (non-hydrogen) atoms. The van der Waals surface area contributed by atoms with Crippen molar-refractivity contribution in [1.82, 2.24) is 0 Å². The second kappa shape index (κ2) is 53.1. The Balaban J connectivity index is -0.000000261. The lowest BCUT2D eigenvalue weighted by molar-refractivity contribution is 0.236. The maximum atomic E-state index is 11.6. The third-order valence-electron chi connectivity index (χ3n) is 6.96. The van der Waals surface area contributed by atoms with Crippen molar-refractivity contribution in [1.29, 1.82) is 0 Å². The van der Waals surface area contributed by atoms with E-state index in [0.29, 0.717) is 23.7 Å². The van der Waals surface area contributed by atoms with Crippen molar-refractivity contribution in [3.05, 3.63) is 131 Å². The van der Waals surface area contributed by atoms with E-state index in [0.717, 1.165) is 16.7 Å². The maximum absolute atomic E-state index is 11.6. The molecular formula is C54H72O16P6. The highest BCUT2D eigenvalue weighted by Crippen LogP contribution is 2.46. The minimum Gasteiger partial charge on any atom is -0.408 e. The lowest BCUT2D eigenvalue weighted by Crippen LogP contribution is -1.93. The zero-order valence-electron chi connectivity index (χ0n) is 46.2. The van der Waals surface area contributed by atoms with Crippen LogP contribution in [0.3, 0.4) is 0 Å². The van der Waals surface area contributed by atoms with Crippen LogP contribution in [-0.4, -0.2) is 90.1 Å². The van der Waals surface area contributed by atoms with Gasteiger partial charge in [0.25, 0.3) is 14.7 Å². The molecule has 4 aromatic carbocycles. The fourth-order valence-corrected chi connectivity index (χ4v) is 7.13. The predicted octanol–water partition coefficient (Wildman–Crippen LogP) is 14.5. The summed E-state index contributed by atoms with van der Waals surface area (Å²) in [7, 11) is -1.10. The Labute approximate surface area is 457 Å². The molecule has 0 fully saturated rings. The van der Waals surface area contributed by atoms with Crippen LogP contribution in [0, 0.1) is 71.3 Å². The van der Waals surface area contributed by atoms with Gasteiger partial charge in [-0.05, 0) is 105 Å². The summed E-state index contributed by atoms with van der Waals surface area (Å²) >= 11 is 0. The van der Waals surface area contributed by atoms with Gasteiger partial charge in [-0.25, -0.2) is 13.7 Å². The minimum atomic E-state index is -3.31. The molecule has 0 aliphatic rings. The van der Waals surface area contributed by atoms with Crippen LogP contribution in [0.25, 0.3) is 0 Å². The first kappa shape index (κ1) is 79.5. The minimum absolute atomic E-state index is 0.0355. The lowest BCUT2D eigenvalue weighted by atomic mass is 10.2. The van der Waals surface area contributed by atoms with Crippen molar-refractivity contribution in [2.24, 2.45) is 0 Å². The van der Waals surface area contributed by atoms with E-state index in [2.05, 4.69) is 90.5 Å². The van der Waals surface area contributed by atoms with E-state index in [9.17, 15) is 27.4 Å². The number of hydrogen-bond acceptors (Lipinski definition) is 16. The van der Waals surface area contributed by atoms with E-state index in [1.165, 1.54) is 48.4 Å². The van der Waals surface area contributed by atoms with Crippen molar-refractivity contribution < 1.29 is 73.1 Å². The Morgan fingerprint density at radius 2 is 0.829 bits per heavy atom. The maximum Gasteiger partial charge on any atom is 0.405 e. The average Bonchev–Trinajstić information content (AvgIpc) is 3.43. The Hall–Kier alpha value is -5.36. The van der Waals surface area contributed by atoms with Crippen LogP contribution in [0.5, 0.6) is 11.5 Å². The highest BCUT2D eigenvalue weighted by molar-refractivity contribution is 7.67. The molecule has 3 atom stereocenters. The highest BCUT2D eigenvalue weighted by atomic mass is 31.2. The van der Waals surface area contributed by atoms with Gasteiger partial charge in [-0.2, -0.15) is 0 Å². The first-order valence-electron chi connectivity index (χ1n) is 21.9. The molecule has 16 nitrogen and oxygen atoms in total. The normalized spacial score (nSPS) is 11.3. The zero-order valence-corrected chi connectivity index (χ0v) is 51.5. The Morgan fingerprint density at radius 1 is 0.487 bits per heavy atom. The molecule has 0 spiro atoms. The van der Waals surface area contributed by atoms with Crippen molar-refractivity contribution in [2.75, 3.05) is 90.1 Å². The van der Waals surface area contributed by atoms with Gasteiger partial charge < -0.3 is 41.1 Å². The third-order valence-corrected chi connectivity index (χ3v) is 12.8. The Bertz CT molecular complexity index is 2590. The molecule has 0 N–H and O–H groups in total. The second-order valence-corrected chi connectivity index (χ2v) is 22.1. The zero-order chi connectivity index (χ0) is 59.2. The Kier molecular flexibility index (Phi) is 55.5. The summed E-state index contributed by atoms with van der Waals surface area (Å²) in [4.78, 5) is 0. The standard InChI is InChI=1S/C10H10O5P2.2C9H8.C8H5O2P.C6H12O4P2.C6H11O3P.2C2H6O.C2H6/c1-13-17(12,14-2)8-7-9-3-5-10(6-4-9)15-16-11;2*1-2-6-9-7-4-3-5-8-9;1-2-7-3-5-8(6-4-7)10-11-9;1-9-11(3,7)5-6-12(4,8)10-2;1-4-6-9-10(3,7)8-5-2;2*1-3-2;1-2/h3-6H,1-2H3;2*3-5,7-8H,1H3;1,3-6H;1-4H3;1H,5-6H2,2-3H3;2*1-2H3;1-2H3. The molecular weight excluding hydrogens is 1090 g/mol. The first-order valence-corrected chi connectivity index (χ1v) is 31.1. The number of ether oxygens (including phenoxy) is 2. The lowest BCUT2D eigenvalue weighted by Gasteiger charge is -2.09. The molecule has 0 radical (unpaired) electrons. The van der Waals surface area contributed by atoms with Crippen molar-refractivity contribution >= 4 is 47.3 Å². The molecule has 0 aliphatic heterocycles. The largest absolute Gasteiger partial charge is 0.408 e. The number of rotatable bonds is 12. The molecule has 0 aromatic heterocycles. The smallest absolute Gasteiger partial charge is 0.405 e. The van der Waals surface area contributed by atoms with E-state index in [4.69, 9.17) is 26.4 Å². The van der Waals surface area contributed by atoms with Gasteiger partial charge in [0.05, 0.1) is 6.61 Å². The summed E-state index contributed by atoms with van der Waals surface area (Å²) < 4.78 is 111. The summed E-state index contributed by atoms with van der Waals surface area (Å²) in [6.45, 7) is 13.9. The summed E-state index contributed by atoms with van der Waals surface area (Å²) in [5, 5.41) is 0. The molecule has 0 heterocycles. The fraction of sp³-hybridized carbons (Fsp3) is 0.333. The van der Waals surface area contributed by atoms with Gasteiger partial charge in [0.15, 0.2) is 0 Å². The average molecular weight is 1160 g/mol. The molecule has 0 bridgehead atoms. The van der Waals surface area contributed by atoms with Crippen LogP contribution in [-0.2, 0) is 64.0 Å². The van der Waals surface area contributed by atoms with Crippen LogP contribution < -0.4 is 9.05 Å². The summed E-state index contributed by atoms with van der Waals surface area (Å²) in [6.07, 6.45) is 10.00. The van der Waals surface area contributed by atoms with Gasteiger partial charge in [0, 0.05) is 105 Å². The number of terminal acetylenes is 2. The fourth-order valence-electron chi connectivity index (χ4n) is 3.63. The monoisotopic (exact) mass is 1160 g/mol. The topological polar surface area (TPSA) is 195 Å². The van der Waals surface area contributed by atoms with Gasteiger partial charge in [-0.3, -0.25) is 18.2 Å². The van der Waals surface area contributed by atoms with Gasteiger partial charge >= 0.3 is 32.6 Å². The van der Waals surface area contributed by atoms with Crippen molar-refractivity contribution in [3.63, 3.8) is 0 Å². The predicted molar refractivity (Wildman–Crippen MR) is 310 cm³/mol. The SMILES string of the molecule is C#CCOP(C)(=O)OCC.C#Cc1ccc(OP=O)cc1.CC.CC#Cc1ccccc1.CC#Cc1ccccc1.COC.COC.COP(=O)(C#Cc1ccc(OP=O)cc1)OC.COP(C)(=O)C#CP(C)(=O)OC. The van der Waals surface area contributed by atoms with E-state index in [1.807, 2.05) is 88.4 Å². The van der Waals surface area contributed by atoms with Crippen LogP contribution in [0.15, 0.2) is 109 Å². The van der Waals surface area contributed by atoms with Crippen molar-refractivity contribution in [3.8, 4) is 82.8 Å². The van der Waals surface area contributed by atoms with Gasteiger partial charge in [0.2, 0.25) is 0 Å². The molecule has 3 unspecified atom stereocenters. The van der Waals surface area contributed by atoms with Gasteiger partial charge in [-0.15, -0.1) is 24.7 Å². The van der Waals surface area contributed by atoms with Gasteiger partial charge in [0.1, 0.15) is 18.1 Å². The number of methoxy groups -OCH3 is 2. The van der Waals surface area contributed by atoms with E-state index in [1.54, 1.807) is 83.9 Å². The molecule has 22 heteroatoms. The third kappa shape index (κ3) is 50.8. The second-order valence-electron chi connectivity index (χ2n) is 12.9. The van der Waals surface area contributed by atoms with Crippen LogP contribution in [0.1, 0.15) is 56.9 Å². The van der Waals surface area contributed by atoms with E-state index >= 15 is 0 Å². The molecule has 0 amide bonds. The van der Waals surface area contributed by atoms with Crippen LogP contribution in [0.4, 0.5) is 0 Å². The first-order chi connectivity index (χ1) is 36.1. The van der Waals surface area contributed by atoms with Crippen LogP contribution >= 0.6 is 47.3 Å². The summed E-state index contributed by atoms with van der Waals surface area (Å²) in [5.41, 5.74) is 10.6. The molecule has 0 aliphatic carbocycles. The van der Waals surface area contributed by atoms with E-state index in [-0.39, 0.29) is 15.3 Å². The summed E-state index contributed by atoms with van der Waals surface area (Å²) in [5.74, 6) is 19.9. The number of hydrogen-bond donors (Lipinski definition) is 0. The van der Waals surface area contributed by atoms with E-state index < -0.39 is 38.6 Å². The quantitative estimate of drug-likeness (QED) is 0.0959.